The number of esters is 1. The first-order valence-electron chi connectivity index (χ1n) is 5.40. The van der Waals surface area contributed by atoms with Crippen molar-refractivity contribution < 1.29 is 19.1 Å². The summed E-state index contributed by atoms with van der Waals surface area (Å²) in [6.07, 6.45) is 0. The number of ketones is 1. The molecule has 90 valence electrons. The van der Waals surface area contributed by atoms with Gasteiger partial charge in [0.15, 0.2) is 5.78 Å². The van der Waals surface area contributed by atoms with Gasteiger partial charge in [0.2, 0.25) is 0 Å². The fraction of sp³-hybridized carbons (Fsp3) is 0.385. The summed E-state index contributed by atoms with van der Waals surface area (Å²) in [7, 11) is 0. The van der Waals surface area contributed by atoms with Crippen molar-refractivity contribution in [2.24, 2.45) is 5.41 Å². The van der Waals surface area contributed by atoms with Crippen LogP contribution < -0.4 is 9.47 Å². The Morgan fingerprint density at radius 2 is 2.12 bits per heavy atom. The molecule has 4 heteroatoms. The second-order valence-corrected chi connectivity index (χ2v) is 4.75. The van der Waals surface area contributed by atoms with Crippen LogP contribution in [0.1, 0.15) is 31.1 Å². The van der Waals surface area contributed by atoms with Gasteiger partial charge in [-0.3, -0.25) is 9.59 Å². The smallest absolute Gasteiger partial charge is 0.308 e. The van der Waals surface area contributed by atoms with Crippen LogP contribution in [0, 0.1) is 5.41 Å². The lowest BCUT2D eigenvalue weighted by Crippen LogP contribution is -2.35. The van der Waals surface area contributed by atoms with Gasteiger partial charge in [0.05, 0.1) is 11.0 Å². The molecule has 1 aromatic rings. The summed E-state index contributed by atoms with van der Waals surface area (Å²) in [6.45, 7) is 5.35. The summed E-state index contributed by atoms with van der Waals surface area (Å²) in [5.74, 6) is 0.525. The molecular formula is C13H14O4. The van der Waals surface area contributed by atoms with Crippen molar-refractivity contribution in [3.63, 3.8) is 0 Å². The first-order valence-corrected chi connectivity index (χ1v) is 5.40. The third-order valence-electron chi connectivity index (χ3n) is 2.66. The molecule has 0 radical (unpaired) electrons. The molecule has 0 atom stereocenters. The number of hydrogen-bond acceptors (Lipinski definition) is 4. The molecule has 0 unspecified atom stereocenters. The summed E-state index contributed by atoms with van der Waals surface area (Å²) >= 11 is 0. The predicted molar refractivity (Wildman–Crippen MR) is 61.4 cm³/mol. The predicted octanol–water partition coefficient (Wildman–Crippen LogP) is 2.21. The van der Waals surface area contributed by atoms with E-state index in [0.717, 1.165) is 0 Å². The minimum atomic E-state index is -0.504. The van der Waals surface area contributed by atoms with Gasteiger partial charge >= 0.3 is 5.97 Å². The number of Topliss-reactive ketones (excluding diaryl/α,β-unsaturated/α-hetero) is 1. The van der Waals surface area contributed by atoms with Gasteiger partial charge in [-0.15, -0.1) is 0 Å². The van der Waals surface area contributed by atoms with Gasteiger partial charge in [-0.05, 0) is 26.0 Å². The molecule has 0 aromatic heterocycles. The molecular weight excluding hydrogens is 220 g/mol. The van der Waals surface area contributed by atoms with Crippen molar-refractivity contribution in [1.82, 2.24) is 0 Å². The number of carbonyl (C=O) groups excluding carboxylic acids is 2. The largest absolute Gasteiger partial charge is 0.492 e. The van der Waals surface area contributed by atoms with Gasteiger partial charge in [-0.25, -0.2) is 0 Å². The van der Waals surface area contributed by atoms with Crippen LogP contribution in [0.5, 0.6) is 11.5 Å². The van der Waals surface area contributed by atoms with E-state index in [4.69, 9.17) is 9.47 Å². The van der Waals surface area contributed by atoms with Crippen LogP contribution in [-0.2, 0) is 4.79 Å². The lowest BCUT2D eigenvalue weighted by atomic mass is 9.83. The molecule has 1 aliphatic rings. The van der Waals surface area contributed by atoms with Crippen LogP contribution >= 0.6 is 0 Å². The third-order valence-corrected chi connectivity index (χ3v) is 2.66. The maximum Gasteiger partial charge on any atom is 0.308 e. The van der Waals surface area contributed by atoms with Crippen molar-refractivity contribution in [2.45, 2.75) is 20.8 Å². The maximum absolute atomic E-state index is 12.1. The summed E-state index contributed by atoms with van der Waals surface area (Å²) in [4.78, 5) is 22.9. The Morgan fingerprint density at radius 1 is 1.41 bits per heavy atom. The molecule has 0 amide bonds. The van der Waals surface area contributed by atoms with Crippen LogP contribution in [0.4, 0.5) is 0 Å². The fourth-order valence-corrected chi connectivity index (χ4v) is 1.73. The quantitative estimate of drug-likeness (QED) is 0.552. The lowest BCUT2D eigenvalue weighted by Gasteiger charge is -2.29. The van der Waals surface area contributed by atoms with E-state index in [1.165, 1.54) is 6.92 Å². The Bertz CT molecular complexity index is 488. The lowest BCUT2D eigenvalue weighted by molar-refractivity contribution is -0.131. The van der Waals surface area contributed by atoms with Gasteiger partial charge in [0, 0.05) is 13.0 Å². The van der Waals surface area contributed by atoms with Gasteiger partial charge < -0.3 is 9.47 Å². The van der Waals surface area contributed by atoms with E-state index in [-0.39, 0.29) is 5.78 Å². The minimum Gasteiger partial charge on any atom is -0.492 e. The van der Waals surface area contributed by atoms with Crippen molar-refractivity contribution in [3.8, 4) is 11.5 Å². The summed E-state index contributed by atoms with van der Waals surface area (Å²) in [5, 5.41) is 0. The number of rotatable bonds is 1. The topological polar surface area (TPSA) is 52.6 Å². The summed E-state index contributed by atoms with van der Waals surface area (Å²) in [6, 6.07) is 4.81. The Labute approximate surface area is 99.5 Å². The van der Waals surface area contributed by atoms with Crippen LogP contribution in [0.2, 0.25) is 0 Å². The van der Waals surface area contributed by atoms with Gasteiger partial charge in [-0.1, -0.05) is 0 Å². The van der Waals surface area contributed by atoms with Gasteiger partial charge in [0.25, 0.3) is 0 Å². The number of carbonyl (C=O) groups is 2. The van der Waals surface area contributed by atoms with E-state index in [2.05, 4.69) is 0 Å². The Hall–Kier alpha value is -1.84. The molecule has 0 bridgehead atoms. The zero-order valence-corrected chi connectivity index (χ0v) is 10.1. The van der Waals surface area contributed by atoms with Gasteiger partial charge in [-0.2, -0.15) is 0 Å². The maximum atomic E-state index is 12.1. The second kappa shape index (κ2) is 3.87. The SMILES string of the molecule is CC(=O)Oc1ccc2c(c1)OCC(C)(C)C2=O. The zero-order valence-electron chi connectivity index (χ0n) is 10.1. The standard InChI is InChI=1S/C13H14O4/c1-8(14)17-9-4-5-10-11(6-9)16-7-13(2,3)12(10)15/h4-6H,7H2,1-3H3. The van der Waals surface area contributed by atoms with Crippen LogP contribution in [-0.4, -0.2) is 18.4 Å². The number of hydrogen-bond donors (Lipinski definition) is 0. The molecule has 0 spiro atoms. The van der Waals surface area contributed by atoms with E-state index >= 15 is 0 Å². The molecule has 2 rings (SSSR count). The highest BCUT2D eigenvalue weighted by Crippen LogP contribution is 2.36. The molecule has 0 N–H and O–H groups in total. The molecule has 0 fully saturated rings. The molecule has 0 saturated heterocycles. The van der Waals surface area contributed by atoms with E-state index in [9.17, 15) is 9.59 Å². The third kappa shape index (κ3) is 2.16. The second-order valence-electron chi connectivity index (χ2n) is 4.75. The highest BCUT2D eigenvalue weighted by atomic mass is 16.5. The normalized spacial score (nSPS) is 17.0. The van der Waals surface area contributed by atoms with E-state index in [0.29, 0.717) is 23.7 Å². The summed E-state index contributed by atoms with van der Waals surface area (Å²) in [5.41, 5.74) is 0.0350. The number of benzene rings is 1. The van der Waals surface area contributed by atoms with Gasteiger partial charge in [0.1, 0.15) is 18.1 Å². The fourth-order valence-electron chi connectivity index (χ4n) is 1.73. The highest BCUT2D eigenvalue weighted by Gasteiger charge is 2.35. The Morgan fingerprint density at radius 3 is 2.76 bits per heavy atom. The average Bonchev–Trinajstić information content (AvgIpc) is 2.23. The van der Waals surface area contributed by atoms with E-state index in [1.54, 1.807) is 18.2 Å². The molecule has 0 aliphatic carbocycles. The molecule has 1 aliphatic heterocycles. The summed E-state index contributed by atoms with van der Waals surface area (Å²) < 4.78 is 10.5. The number of fused-ring (bicyclic) bond motifs is 1. The van der Waals surface area contributed by atoms with Crippen LogP contribution in [0.25, 0.3) is 0 Å². The van der Waals surface area contributed by atoms with Crippen molar-refractivity contribution in [1.29, 1.82) is 0 Å². The first-order chi connectivity index (χ1) is 7.90. The average molecular weight is 234 g/mol. The van der Waals surface area contributed by atoms with Crippen LogP contribution in [0.3, 0.4) is 0 Å². The van der Waals surface area contributed by atoms with Crippen LogP contribution in [0.15, 0.2) is 18.2 Å². The molecule has 4 nitrogen and oxygen atoms in total. The number of ether oxygens (including phenoxy) is 2. The molecule has 17 heavy (non-hydrogen) atoms. The van der Waals surface area contributed by atoms with Crippen molar-refractivity contribution >= 4 is 11.8 Å². The molecule has 1 heterocycles. The van der Waals surface area contributed by atoms with Crippen molar-refractivity contribution in [3.05, 3.63) is 23.8 Å². The Kier molecular flexibility index (Phi) is 2.65. The first kappa shape index (κ1) is 11.6. The molecule has 0 saturated carbocycles. The highest BCUT2D eigenvalue weighted by molar-refractivity contribution is 6.03. The van der Waals surface area contributed by atoms with E-state index < -0.39 is 11.4 Å². The van der Waals surface area contributed by atoms with E-state index in [1.807, 2.05) is 13.8 Å². The molecule has 1 aromatic carbocycles. The monoisotopic (exact) mass is 234 g/mol. The Balaban J connectivity index is 2.36. The zero-order chi connectivity index (χ0) is 12.6. The minimum absolute atomic E-state index is 0.0492. The van der Waals surface area contributed by atoms with Crippen molar-refractivity contribution in [2.75, 3.05) is 6.61 Å².